The molecule has 0 N–H and O–H groups in total. The van der Waals surface area contributed by atoms with E-state index < -0.39 is 0 Å². The normalized spacial score (nSPS) is 11.1. The second-order valence-electron chi connectivity index (χ2n) is 2.80. The van der Waals surface area contributed by atoms with Crippen LogP contribution >= 0.6 is 58.0 Å². The molecule has 8 heteroatoms. The summed E-state index contributed by atoms with van der Waals surface area (Å²) in [5.41, 5.74) is 0.294. The maximum absolute atomic E-state index is 5.97. The van der Waals surface area contributed by atoms with Crippen molar-refractivity contribution >= 4 is 63.7 Å². The molecule has 0 bridgehead atoms. The fourth-order valence-corrected chi connectivity index (χ4v) is 2.33. The van der Waals surface area contributed by atoms with Gasteiger partial charge < -0.3 is 4.74 Å². The number of imidazole rings is 1. The van der Waals surface area contributed by atoms with Crippen molar-refractivity contribution in [2.24, 2.45) is 0 Å². The van der Waals surface area contributed by atoms with Crippen molar-refractivity contribution in [1.82, 2.24) is 9.38 Å². The first-order chi connectivity index (χ1) is 7.49. The number of pyridine rings is 1. The highest BCUT2D eigenvalue weighted by Gasteiger charge is 2.22. The summed E-state index contributed by atoms with van der Waals surface area (Å²) < 4.78 is 6.48. The average molecular weight is 320 g/mol. The maximum atomic E-state index is 5.97. The van der Waals surface area contributed by atoms with E-state index in [9.17, 15) is 0 Å². The molecule has 3 nitrogen and oxygen atoms in total. The van der Waals surface area contributed by atoms with Crippen LogP contribution in [0.5, 0.6) is 5.88 Å². The highest BCUT2D eigenvalue weighted by atomic mass is 35.5. The fraction of sp³-hybridized carbons (Fsp3) is 0.125. The summed E-state index contributed by atoms with van der Waals surface area (Å²) in [7, 11) is 1.43. The lowest BCUT2D eigenvalue weighted by molar-refractivity contribution is 0.393. The third-order valence-corrected chi connectivity index (χ3v) is 3.94. The topological polar surface area (TPSA) is 26.5 Å². The first-order valence-corrected chi connectivity index (χ1v) is 5.82. The minimum absolute atomic E-state index is 0.0974. The number of nitrogens with zero attached hydrogens (tertiary/aromatic N) is 2. The highest BCUT2D eigenvalue weighted by Crippen LogP contribution is 2.42. The van der Waals surface area contributed by atoms with Gasteiger partial charge in [0, 0.05) is 0 Å². The summed E-state index contributed by atoms with van der Waals surface area (Å²) in [6, 6.07) is 0. The van der Waals surface area contributed by atoms with E-state index in [2.05, 4.69) is 4.98 Å². The molecule has 0 atom stereocenters. The van der Waals surface area contributed by atoms with E-state index >= 15 is 0 Å². The van der Waals surface area contributed by atoms with Crippen LogP contribution in [0.1, 0.15) is 0 Å². The molecule has 0 fully saturated rings. The molecule has 2 aromatic heterocycles. The second kappa shape index (κ2) is 4.31. The van der Waals surface area contributed by atoms with E-state index in [4.69, 9.17) is 62.7 Å². The minimum Gasteiger partial charge on any atom is -0.481 e. The van der Waals surface area contributed by atoms with Crippen molar-refractivity contribution in [1.29, 1.82) is 0 Å². The number of hydrogen-bond donors (Lipinski definition) is 0. The van der Waals surface area contributed by atoms with Crippen LogP contribution in [-0.4, -0.2) is 16.5 Å². The van der Waals surface area contributed by atoms with E-state index in [1.807, 2.05) is 0 Å². The van der Waals surface area contributed by atoms with Crippen LogP contribution in [0.2, 0.25) is 25.4 Å². The first-order valence-electron chi connectivity index (χ1n) is 3.93. The van der Waals surface area contributed by atoms with Crippen LogP contribution in [-0.2, 0) is 0 Å². The number of hydrogen-bond acceptors (Lipinski definition) is 2. The zero-order chi connectivity index (χ0) is 12.0. The quantitative estimate of drug-likeness (QED) is 0.767. The molecule has 0 aliphatic rings. The van der Waals surface area contributed by atoms with Crippen molar-refractivity contribution in [3.8, 4) is 5.88 Å². The van der Waals surface area contributed by atoms with Crippen LogP contribution in [0, 0.1) is 0 Å². The predicted molar refractivity (Wildman–Crippen MR) is 66.8 cm³/mol. The Morgan fingerprint density at radius 1 is 1.00 bits per heavy atom. The van der Waals surface area contributed by atoms with E-state index in [-0.39, 0.29) is 31.3 Å². The Bertz CT molecular complexity index is 580. The van der Waals surface area contributed by atoms with Crippen molar-refractivity contribution in [3.05, 3.63) is 25.4 Å². The van der Waals surface area contributed by atoms with E-state index in [1.165, 1.54) is 11.5 Å². The van der Waals surface area contributed by atoms with E-state index in [0.717, 1.165) is 0 Å². The molecule has 0 saturated carbocycles. The molecule has 0 amide bonds. The zero-order valence-electron chi connectivity index (χ0n) is 7.69. The lowest BCUT2D eigenvalue weighted by Gasteiger charge is -2.09. The van der Waals surface area contributed by atoms with Crippen LogP contribution in [0.25, 0.3) is 5.65 Å². The van der Waals surface area contributed by atoms with Gasteiger partial charge in [0.2, 0.25) is 5.88 Å². The minimum atomic E-state index is 0.0974. The Balaban J connectivity index is 3.04. The van der Waals surface area contributed by atoms with Gasteiger partial charge in [-0.15, -0.1) is 0 Å². The number of aromatic nitrogens is 2. The predicted octanol–water partition coefficient (Wildman–Crippen LogP) is 4.61. The van der Waals surface area contributed by atoms with Gasteiger partial charge in [-0.2, -0.15) is 0 Å². The van der Waals surface area contributed by atoms with Crippen LogP contribution in [0.3, 0.4) is 0 Å². The molecule has 0 aromatic carbocycles. The Kier molecular flexibility index (Phi) is 3.34. The summed E-state index contributed by atoms with van der Waals surface area (Å²) in [6.07, 6.45) is 0. The van der Waals surface area contributed by atoms with Gasteiger partial charge in [-0.1, -0.05) is 58.0 Å². The summed E-state index contributed by atoms with van der Waals surface area (Å²) in [6.45, 7) is 0. The lowest BCUT2D eigenvalue weighted by atomic mass is 10.4. The third-order valence-electron chi connectivity index (χ3n) is 1.95. The molecule has 0 radical (unpaired) electrons. The van der Waals surface area contributed by atoms with Crippen molar-refractivity contribution in [3.63, 3.8) is 0 Å². The van der Waals surface area contributed by atoms with Gasteiger partial charge in [-0.05, 0) is 0 Å². The third kappa shape index (κ3) is 1.62. The zero-order valence-corrected chi connectivity index (χ0v) is 11.5. The number of halogens is 5. The van der Waals surface area contributed by atoms with E-state index in [0.29, 0.717) is 5.65 Å². The molecular weight excluding hydrogens is 317 g/mol. The molecule has 86 valence electrons. The Morgan fingerprint density at radius 2 is 1.62 bits per heavy atom. The summed E-state index contributed by atoms with van der Waals surface area (Å²) in [5.74, 6) is 0.232. The van der Waals surface area contributed by atoms with Gasteiger partial charge in [0.25, 0.3) is 0 Å². The maximum Gasteiger partial charge on any atom is 0.221 e. The van der Waals surface area contributed by atoms with Crippen molar-refractivity contribution in [2.45, 2.75) is 0 Å². The summed E-state index contributed by atoms with van der Waals surface area (Å²) in [4.78, 5) is 3.96. The molecule has 2 heterocycles. The van der Waals surface area contributed by atoms with Gasteiger partial charge >= 0.3 is 0 Å². The lowest BCUT2D eigenvalue weighted by Crippen LogP contribution is -1.97. The first kappa shape index (κ1) is 12.4. The molecular formula is C8H3Cl5N2O. The number of rotatable bonds is 1. The summed E-state index contributed by atoms with van der Waals surface area (Å²) in [5, 5.41) is 0.721. The number of methoxy groups -OCH3 is 1. The summed E-state index contributed by atoms with van der Waals surface area (Å²) >= 11 is 29.6. The molecule has 0 spiro atoms. The Hall–Kier alpha value is -0.0600. The molecule has 0 saturated heterocycles. The second-order valence-corrected chi connectivity index (χ2v) is 4.65. The monoisotopic (exact) mass is 318 g/mol. The SMILES string of the molecule is COc1c(Cl)c(Cl)c(Cl)c2nc(Cl)c(Cl)n12. The smallest absolute Gasteiger partial charge is 0.221 e. The number of fused-ring (bicyclic) bond motifs is 1. The molecule has 0 aliphatic carbocycles. The highest BCUT2D eigenvalue weighted by molar-refractivity contribution is 6.50. The van der Waals surface area contributed by atoms with Gasteiger partial charge in [0.05, 0.1) is 12.1 Å². The van der Waals surface area contributed by atoms with E-state index in [1.54, 1.807) is 0 Å². The largest absolute Gasteiger partial charge is 0.481 e. The van der Waals surface area contributed by atoms with Crippen LogP contribution < -0.4 is 4.74 Å². The molecule has 16 heavy (non-hydrogen) atoms. The standard InChI is InChI=1S/C8H3Cl5N2O/c1-16-8-4(11)2(9)3(10)7-14-5(12)6(13)15(7)8/h1H3. The molecule has 0 aliphatic heterocycles. The van der Waals surface area contributed by atoms with Gasteiger partial charge in [-0.25, -0.2) is 9.38 Å². The van der Waals surface area contributed by atoms with Gasteiger partial charge in [0.1, 0.15) is 10.0 Å². The Labute approximate surface area is 116 Å². The van der Waals surface area contributed by atoms with Crippen LogP contribution in [0.15, 0.2) is 0 Å². The molecule has 2 rings (SSSR count). The fourth-order valence-electron chi connectivity index (χ4n) is 1.27. The van der Waals surface area contributed by atoms with Gasteiger partial charge in [0.15, 0.2) is 16.0 Å². The average Bonchev–Trinajstić information content (AvgIpc) is 2.55. The van der Waals surface area contributed by atoms with Crippen LogP contribution in [0.4, 0.5) is 0 Å². The molecule has 0 unspecified atom stereocenters. The van der Waals surface area contributed by atoms with Gasteiger partial charge in [-0.3, -0.25) is 0 Å². The number of ether oxygens (including phenoxy) is 1. The van der Waals surface area contributed by atoms with Crippen molar-refractivity contribution in [2.75, 3.05) is 7.11 Å². The Morgan fingerprint density at radius 3 is 2.19 bits per heavy atom. The molecule has 2 aromatic rings. The van der Waals surface area contributed by atoms with Crippen molar-refractivity contribution < 1.29 is 4.74 Å².